The number of carbonyl (C=O) groups excluding carboxylic acids is 1. The molecule has 6 heteroatoms. The van der Waals surface area contributed by atoms with Crippen molar-refractivity contribution in [1.29, 1.82) is 0 Å². The first-order valence-electron chi connectivity index (χ1n) is 11.1. The Kier molecular flexibility index (Phi) is 6.30. The monoisotopic (exact) mass is 430 g/mol. The van der Waals surface area contributed by atoms with E-state index in [1.54, 1.807) is 7.11 Å². The van der Waals surface area contributed by atoms with E-state index in [-0.39, 0.29) is 5.91 Å². The minimum absolute atomic E-state index is 0.0214. The topological polar surface area (TPSA) is 71.9 Å². The molecular weight excluding hydrogens is 400 g/mol. The number of aromatic nitrogens is 3. The van der Waals surface area contributed by atoms with E-state index in [1.807, 2.05) is 43.3 Å². The number of fused-ring (bicyclic) bond motifs is 1. The molecule has 0 spiro atoms. The molecule has 2 aromatic carbocycles. The molecule has 0 aliphatic rings. The molecule has 0 bridgehead atoms. The molecule has 1 amide bonds. The van der Waals surface area contributed by atoms with E-state index in [9.17, 15) is 4.79 Å². The average molecular weight is 431 g/mol. The van der Waals surface area contributed by atoms with Crippen LogP contribution in [0, 0.1) is 13.8 Å². The SMILES string of the molecule is CCCC(=O)Nc1c(-c2nc3ccccc3[nH]2)c(C)c(C)n1CCc1ccc(OC)cc1. The van der Waals surface area contributed by atoms with E-state index in [0.717, 1.165) is 64.6 Å². The van der Waals surface area contributed by atoms with Gasteiger partial charge in [0.25, 0.3) is 0 Å². The molecule has 6 nitrogen and oxygen atoms in total. The summed E-state index contributed by atoms with van der Waals surface area (Å²) in [7, 11) is 1.67. The number of para-hydroxylation sites is 2. The van der Waals surface area contributed by atoms with Crippen LogP contribution in [0.5, 0.6) is 5.75 Å². The Morgan fingerprint density at radius 2 is 1.88 bits per heavy atom. The molecule has 0 unspecified atom stereocenters. The highest BCUT2D eigenvalue weighted by atomic mass is 16.5. The summed E-state index contributed by atoms with van der Waals surface area (Å²) in [5.41, 5.74) is 6.31. The number of amides is 1. The van der Waals surface area contributed by atoms with Crippen LogP contribution in [0.15, 0.2) is 48.5 Å². The summed E-state index contributed by atoms with van der Waals surface area (Å²) in [5.74, 6) is 2.46. The number of imidazole rings is 1. The number of nitrogens with one attached hydrogen (secondary N) is 2. The van der Waals surface area contributed by atoms with Crippen molar-refractivity contribution in [2.24, 2.45) is 0 Å². The maximum atomic E-state index is 12.6. The number of carbonyl (C=O) groups is 1. The highest BCUT2D eigenvalue weighted by Gasteiger charge is 2.23. The minimum atomic E-state index is 0.0214. The summed E-state index contributed by atoms with van der Waals surface area (Å²) >= 11 is 0. The van der Waals surface area contributed by atoms with Crippen molar-refractivity contribution in [3.63, 3.8) is 0 Å². The smallest absolute Gasteiger partial charge is 0.225 e. The van der Waals surface area contributed by atoms with Gasteiger partial charge in [-0.2, -0.15) is 0 Å². The van der Waals surface area contributed by atoms with Gasteiger partial charge in [-0.25, -0.2) is 4.98 Å². The second-order valence-electron chi connectivity index (χ2n) is 8.08. The van der Waals surface area contributed by atoms with Crippen molar-refractivity contribution in [2.75, 3.05) is 12.4 Å². The van der Waals surface area contributed by atoms with Crippen LogP contribution >= 0.6 is 0 Å². The van der Waals surface area contributed by atoms with Crippen LogP contribution in [-0.2, 0) is 17.8 Å². The molecule has 0 saturated heterocycles. The maximum absolute atomic E-state index is 12.6. The Labute approximate surface area is 188 Å². The number of aromatic amines is 1. The quantitative estimate of drug-likeness (QED) is 0.380. The van der Waals surface area contributed by atoms with Gasteiger partial charge in [0.2, 0.25) is 5.91 Å². The molecule has 0 aliphatic carbocycles. The van der Waals surface area contributed by atoms with Crippen molar-refractivity contribution in [3.05, 3.63) is 65.4 Å². The molecule has 2 aromatic heterocycles. The fourth-order valence-corrected chi connectivity index (χ4v) is 4.09. The van der Waals surface area contributed by atoms with Crippen LogP contribution in [0.4, 0.5) is 5.82 Å². The minimum Gasteiger partial charge on any atom is -0.497 e. The van der Waals surface area contributed by atoms with Gasteiger partial charge in [-0.05, 0) is 62.1 Å². The van der Waals surface area contributed by atoms with Gasteiger partial charge in [0.15, 0.2) is 0 Å². The van der Waals surface area contributed by atoms with Crippen molar-refractivity contribution in [3.8, 4) is 17.1 Å². The summed E-state index contributed by atoms with van der Waals surface area (Å²) in [6.07, 6.45) is 2.13. The standard InChI is InChI=1S/C26H30N4O2/c1-5-8-23(31)29-26-24(25-27-21-9-6-7-10-22(21)28-25)17(2)18(3)30(26)16-15-19-11-13-20(32-4)14-12-19/h6-7,9-14H,5,8,15-16H2,1-4H3,(H,27,28)(H,29,31). The zero-order valence-corrected chi connectivity index (χ0v) is 19.2. The van der Waals surface area contributed by atoms with Crippen LogP contribution in [0.3, 0.4) is 0 Å². The van der Waals surface area contributed by atoms with Crippen LogP contribution in [0.2, 0.25) is 0 Å². The predicted molar refractivity (Wildman–Crippen MR) is 129 cm³/mol. The molecule has 4 rings (SSSR count). The Hall–Kier alpha value is -3.54. The predicted octanol–water partition coefficient (Wildman–Crippen LogP) is 5.64. The number of rotatable bonds is 8. The number of methoxy groups -OCH3 is 1. The van der Waals surface area contributed by atoms with E-state index in [1.165, 1.54) is 5.56 Å². The lowest BCUT2D eigenvalue weighted by atomic mass is 10.1. The summed E-state index contributed by atoms with van der Waals surface area (Å²) in [6.45, 7) is 6.96. The molecule has 0 saturated carbocycles. The van der Waals surface area contributed by atoms with Crippen molar-refractivity contribution in [1.82, 2.24) is 14.5 Å². The van der Waals surface area contributed by atoms with Gasteiger partial charge in [0.1, 0.15) is 17.4 Å². The second kappa shape index (κ2) is 9.30. The molecule has 4 aromatic rings. The van der Waals surface area contributed by atoms with Gasteiger partial charge < -0.3 is 19.6 Å². The normalized spacial score (nSPS) is 11.1. The Bertz CT molecular complexity index is 1200. The lowest BCUT2D eigenvalue weighted by Gasteiger charge is -2.14. The number of anilines is 1. The lowest BCUT2D eigenvalue weighted by molar-refractivity contribution is -0.116. The number of H-pyrrole nitrogens is 1. The molecule has 32 heavy (non-hydrogen) atoms. The number of hydrogen-bond acceptors (Lipinski definition) is 3. The zero-order valence-electron chi connectivity index (χ0n) is 19.2. The van der Waals surface area contributed by atoms with Gasteiger partial charge >= 0.3 is 0 Å². The van der Waals surface area contributed by atoms with E-state index < -0.39 is 0 Å². The van der Waals surface area contributed by atoms with Gasteiger partial charge in [-0.15, -0.1) is 0 Å². The van der Waals surface area contributed by atoms with Gasteiger partial charge in [-0.3, -0.25) is 4.79 Å². The Morgan fingerprint density at radius 1 is 1.12 bits per heavy atom. The third kappa shape index (κ3) is 4.26. The Balaban J connectivity index is 1.74. The molecule has 2 heterocycles. The highest BCUT2D eigenvalue weighted by Crippen LogP contribution is 2.36. The molecule has 2 N–H and O–H groups in total. The molecular formula is C26H30N4O2. The number of aryl methyl sites for hydroxylation is 1. The average Bonchev–Trinajstić information content (AvgIpc) is 3.32. The molecule has 0 radical (unpaired) electrons. The van der Waals surface area contributed by atoms with E-state index >= 15 is 0 Å². The molecule has 166 valence electrons. The van der Waals surface area contributed by atoms with Gasteiger partial charge in [0, 0.05) is 18.7 Å². The summed E-state index contributed by atoms with van der Waals surface area (Å²) in [5, 5.41) is 3.18. The van der Waals surface area contributed by atoms with Crippen LogP contribution in [0.1, 0.15) is 36.6 Å². The number of hydrogen-bond donors (Lipinski definition) is 2. The first kappa shape index (κ1) is 21.7. The number of benzene rings is 2. The first-order chi connectivity index (χ1) is 15.5. The van der Waals surface area contributed by atoms with Gasteiger partial charge in [-0.1, -0.05) is 31.2 Å². The first-order valence-corrected chi connectivity index (χ1v) is 11.1. The van der Waals surface area contributed by atoms with Crippen LogP contribution in [0.25, 0.3) is 22.4 Å². The summed E-state index contributed by atoms with van der Waals surface area (Å²) in [6, 6.07) is 16.1. The zero-order chi connectivity index (χ0) is 22.7. The molecule has 0 aliphatic heterocycles. The van der Waals surface area contributed by atoms with E-state index in [4.69, 9.17) is 9.72 Å². The van der Waals surface area contributed by atoms with Crippen molar-refractivity contribution >= 4 is 22.8 Å². The summed E-state index contributed by atoms with van der Waals surface area (Å²) in [4.78, 5) is 20.9. The van der Waals surface area contributed by atoms with Crippen molar-refractivity contribution < 1.29 is 9.53 Å². The van der Waals surface area contributed by atoms with Gasteiger partial charge in [0.05, 0.1) is 23.7 Å². The number of nitrogens with zero attached hydrogens (tertiary/aromatic N) is 2. The highest BCUT2D eigenvalue weighted by molar-refractivity contribution is 5.95. The largest absolute Gasteiger partial charge is 0.497 e. The van der Waals surface area contributed by atoms with Crippen LogP contribution < -0.4 is 10.1 Å². The third-order valence-electron chi connectivity index (χ3n) is 5.97. The maximum Gasteiger partial charge on any atom is 0.225 e. The Morgan fingerprint density at radius 3 is 2.56 bits per heavy atom. The lowest BCUT2D eigenvalue weighted by Crippen LogP contribution is -2.16. The number of ether oxygens (including phenoxy) is 1. The second-order valence-corrected chi connectivity index (χ2v) is 8.08. The van der Waals surface area contributed by atoms with E-state index in [0.29, 0.717) is 6.42 Å². The van der Waals surface area contributed by atoms with Crippen molar-refractivity contribution in [2.45, 2.75) is 46.6 Å². The molecule has 0 atom stereocenters. The summed E-state index contributed by atoms with van der Waals surface area (Å²) < 4.78 is 7.47. The van der Waals surface area contributed by atoms with Crippen LogP contribution in [-0.4, -0.2) is 27.6 Å². The third-order valence-corrected chi connectivity index (χ3v) is 5.97. The fourth-order valence-electron chi connectivity index (χ4n) is 4.09. The van der Waals surface area contributed by atoms with E-state index in [2.05, 4.69) is 40.8 Å². The fraction of sp³-hybridized carbons (Fsp3) is 0.308. The molecule has 0 fully saturated rings.